The molecule has 34 heteroatoms. The van der Waals surface area contributed by atoms with Crippen molar-refractivity contribution in [2.45, 2.75) is 199 Å². The van der Waals surface area contributed by atoms with Gasteiger partial charge in [0.05, 0.1) is 19.2 Å². The van der Waals surface area contributed by atoms with E-state index in [9.17, 15) is 67.7 Å². The standard InChI is InChI=1S/C64H94N16O17S/c1-9-35(8)52(86)62-77-45(30-98-62)59(93)72-40(24-32(2)3)55(89)70-39(20-21-48(82)83)54(88)79-51(34(6)7)64(97)80-46(19-13-14-22-65)60(94)71-38(18-15-23-66)53(87)78-50(33(4)5)61(95)75-41(25-36-16-11-10-12-17-36)56(90)73-42(26-37-29-68-31-69-37)57(91)74-43(28-49(84)85)58(92)76-44(63(80)96)27-47(67)81/h10-12,16-17,29-35,38-44,46,50-51H,9,13-15,18-28,65-66H2,1-8H3,(H2,67,81)(H,68,69)(H,70,89)(H,71,94)(H,72,93)(H,73,90)(H,74,91)(H,75,95)(H,76,92)(H,78,87)(H,79,88)(H,82,83)(H,84,85)/t35-,38+,39+,40-,41+,42-,43+,44-,46-,50-,51-/m0/s1. The van der Waals surface area contributed by atoms with Gasteiger partial charge in [0, 0.05) is 42.5 Å². The molecule has 0 saturated carbocycles. The Labute approximate surface area is 571 Å². The van der Waals surface area contributed by atoms with Crippen LogP contribution in [0.3, 0.4) is 0 Å². The predicted octanol–water partition coefficient (Wildman–Crippen LogP) is -1.26. The second-order valence-corrected chi connectivity index (χ2v) is 26.0. The highest BCUT2D eigenvalue weighted by molar-refractivity contribution is 7.12. The summed E-state index contributed by atoms with van der Waals surface area (Å²) in [5.74, 6) is -20.4. The maximum Gasteiger partial charge on any atom is 0.305 e. The van der Waals surface area contributed by atoms with Crippen LogP contribution in [0.1, 0.15) is 158 Å². The van der Waals surface area contributed by atoms with E-state index in [0.717, 1.165) is 11.3 Å². The Balaban J connectivity index is 1.96. The summed E-state index contributed by atoms with van der Waals surface area (Å²) in [6.45, 7) is 12.8. The highest BCUT2D eigenvalue weighted by Gasteiger charge is 2.46. The van der Waals surface area contributed by atoms with Gasteiger partial charge in [-0.1, -0.05) is 85.7 Å². The van der Waals surface area contributed by atoms with Gasteiger partial charge in [0.1, 0.15) is 66.1 Å². The number of unbranched alkanes of at least 4 members (excludes halogenated alkanes) is 1. The van der Waals surface area contributed by atoms with Gasteiger partial charge >= 0.3 is 11.9 Å². The molecule has 18 N–H and O–H groups in total. The molecule has 0 radical (unpaired) electrons. The van der Waals surface area contributed by atoms with Gasteiger partial charge in [-0.25, -0.2) is 9.97 Å². The van der Waals surface area contributed by atoms with E-state index in [1.54, 1.807) is 71.9 Å². The second-order valence-electron chi connectivity index (χ2n) is 25.1. The monoisotopic (exact) mass is 1390 g/mol. The van der Waals surface area contributed by atoms with E-state index in [0.29, 0.717) is 16.9 Å². The molecule has 0 bridgehead atoms. The number of amides is 12. The molecule has 4 rings (SSSR count). The third-order valence-corrected chi connectivity index (χ3v) is 16.9. The van der Waals surface area contributed by atoms with Crippen molar-refractivity contribution in [3.63, 3.8) is 0 Å². The van der Waals surface area contributed by atoms with Crippen LogP contribution in [0.4, 0.5) is 0 Å². The predicted molar refractivity (Wildman–Crippen MR) is 354 cm³/mol. The van der Waals surface area contributed by atoms with Crippen LogP contribution < -0.4 is 65.1 Å². The normalized spacial score (nSPS) is 20.6. The summed E-state index contributed by atoms with van der Waals surface area (Å²) in [6.07, 6.45) is -2.14. The molecule has 0 aliphatic carbocycles. The third kappa shape index (κ3) is 25.1. The van der Waals surface area contributed by atoms with Gasteiger partial charge in [-0.3, -0.25) is 76.8 Å². The van der Waals surface area contributed by atoms with E-state index >= 15 is 14.4 Å². The molecule has 11 atom stereocenters. The zero-order valence-electron chi connectivity index (χ0n) is 56.3. The lowest BCUT2D eigenvalue weighted by molar-refractivity contribution is -0.157. The Kier molecular flexibility index (Phi) is 32.7. The third-order valence-electron chi connectivity index (χ3n) is 16.0. The summed E-state index contributed by atoms with van der Waals surface area (Å²) in [5.41, 5.74) is 18.1. The van der Waals surface area contributed by atoms with Crippen LogP contribution in [-0.2, 0) is 75.2 Å². The fourth-order valence-corrected chi connectivity index (χ4v) is 11.2. The van der Waals surface area contributed by atoms with Crippen LogP contribution in [0.25, 0.3) is 0 Å². The average Bonchev–Trinajstić information content (AvgIpc) is 0.920. The maximum atomic E-state index is 15.9. The number of imide groups is 1. The van der Waals surface area contributed by atoms with Crippen LogP contribution in [0.2, 0.25) is 0 Å². The Morgan fingerprint density at radius 3 is 1.82 bits per heavy atom. The summed E-state index contributed by atoms with van der Waals surface area (Å²) in [5, 5.41) is 44.0. The van der Waals surface area contributed by atoms with E-state index in [1.165, 1.54) is 31.8 Å². The summed E-state index contributed by atoms with van der Waals surface area (Å²) in [4.78, 5) is 225. The fourth-order valence-electron chi connectivity index (χ4n) is 10.4. The number of carbonyl (C=O) groups is 15. The smallest absolute Gasteiger partial charge is 0.305 e. The van der Waals surface area contributed by atoms with Crippen LogP contribution >= 0.6 is 11.3 Å². The first kappa shape index (κ1) is 80.9. The number of carboxylic acids is 2. The first-order valence-corrected chi connectivity index (χ1v) is 33.4. The van der Waals surface area contributed by atoms with Crippen molar-refractivity contribution < 1.29 is 82.1 Å². The van der Waals surface area contributed by atoms with Crippen molar-refractivity contribution in [2.75, 3.05) is 13.1 Å². The van der Waals surface area contributed by atoms with Gasteiger partial charge in [0.15, 0.2) is 10.8 Å². The molecular weight excluding hydrogens is 1300 g/mol. The molecule has 12 amide bonds. The van der Waals surface area contributed by atoms with E-state index in [1.807, 2.05) is 0 Å². The lowest BCUT2D eigenvalue weighted by Crippen LogP contribution is -2.65. The zero-order valence-corrected chi connectivity index (χ0v) is 57.1. The Morgan fingerprint density at radius 2 is 1.24 bits per heavy atom. The molecular formula is C64H94N16O17S. The van der Waals surface area contributed by atoms with Crippen LogP contribution in [0.5, 0.6) is 0 Å². The number of nitrogens with one attached hydrogen (secondary N) is 10. The molecule has 1 aromatic carbocycles. The zero-order chi connectivity index (χ0) is 73.1. The Bertz CT molecular complexity index is 3290. The number of hydrogen-bond acceptors (Lipinski definition) is 20. The number of imidazole rings is 1. The summed E-state index contributed by atoms with van der Waals surface area (Å²) in [7, 11) is 0. The van der Waals surface area contributed by atoms with E-state index in [-0.39, 0.29) is 79.7 Å². The SMILES string of the molecule is CC[C@H](C)C(=O)c1nc(C(=O)N[C@@H](CC(C)C)C(=O)N[C@H](CCC(=O)O)C(=O)N[C@H](C(=O)N2C(=O)[C@H](CC(N)=O)NC(=O)[C@@H](CC(=O)O)NC(=O)[C@H](Cc3cnc[nH]3)NC(=O)[C@@H](Cc3ccccc3)NC(=O)[C@H](C(C)C)NC(=O)[C@@H](CCCN)NC(=O)[C@@H]2CCCCN)C(C)C)cs1. The molecule has 0 unspecified atom stereocenters. The molecule has 33 nitrogen and oxygen atoms in total. The number of carbonyl (C=O) groups excluding carboxylic acids is 13. The topological polar surface area (TPSA) is 528 Å². The number of nitrogens with two attached hydrogens (primary N) is 3. The number of rotatable bonds is 32. The molecule has 538 valence electrons. The molecule has 0 spiro atoms. The lowest BCUT2D eigenvalue weighted by atomic mass is 9.97. The number of thiazole rings is 1. The van der Waals surface area contributed by atoms with Gasteiger partial charge in [-0.15, -0.1) is 11.3 Å². The number of ketones is 1. The van der Waals surface area contributed by atoms with Crippen LogP contribution in [0, 0.1) is 23.7 Å². The van der Waals surface area contributed by atoms with Crippen LogP contribution in [-0.4, -0.2) is 192 Å². The summed E-state index contributed by atoms with van der Waals surface area (Å²) in [6, 6.07) is -9.83. The van der Waals surface area contributed by atoms with E-state index < -0.39 is 200 Å². The van der Waals surface area contributed by atoms with Crippen molar-refractivity contribution in [1.29, 1.82) is 0 Å². The maximum absolute atomic E-state index is 15.9. The fraction of sp³-hybridized carbons (Fsp3) is 0.578. The minimum atomic E-state index is -2.34. The number of aromatic amines is 1. The molecule has 1 aliphatic rings. The van der Waals surface area contributed by atoms with Crippen LogP contribution in [0.15, 0.2) is 48.2 Å². The summed E-state index contributed by atoms with van der Waals surface area (Å²) >= 11 is 0.922. The number of nitrogens with zero attached hydrogens (tertiary/aromatic N) is 3. The molecule has 1 fully saturated rings. The first-order valence-electron chi connectivity index (χ1n) is 32.5. The molecule has 3 aromatic rings. The van der Waals surface area contributed by atoms with Gasteiger partial charge in [0.2, 0.25) is 53.2 Å². The Hall–Kier alpha value is -9.57. The van der Waals surface area contributed by atoms with Crippen molar-refractivity contribution >= 4 is 99.9 Å². The number of benzene rings is 1. The molecule has 1 aliphatic heterocycles. The highest BCUT2D eigenvalue weighted by Crippen LogP contribution is 2.22. The van der Waals surface area contributed by atoms with Gasteiger partial charge in [0.25, 0.3) is 17.7 Å². The van der Waals surface area contributed by atoms with Crippen molar-refractivity contribution in [2.24, 2.45) is 40.9 Å². The largest absolute Gasteiger partial charge is 0.481 e. The van der Waals surface area contributed by atoms with Crippen molar-refractivity contribution in [3.05, 3.63) is 70.2 Å². The van der Waals surface area contributed by atoms with Gasteiger partial charge in [-0.05, 0) is 87.8 Å². The number of Topliss-reactive ketones (excluding diaryl/α,β-unsaturated/α-hetero) is 1. The molecule has 98 heavy (non-hydrogen) atoms. The molecule has 3 heterocycles. The minimum absolute atomic E-state index is 0.0233. The summed E-state index contributed by atoms with van der Waals surface area (Å²) < 4.78 is 0. The quantitative estimate of drug-likeness (QED) is 0.0256. The second kappa shape index (κ2) is 39.6. The number of aromatic nitrogens is 3. The highest BCUT2D eigenvalue weighted by atomic mass is 32.1. The molecule has 1 saturated heterocycles. The number of H-pyrrole nitrogens is 1. The average molecular weight is 1390 g/mol. The van der Waals surface area contributed by atoms with Gasteiger partial charge in [-0.2, -0.15) is 0 Å². The minimum Gasteiger partial charge on any atom is -0.481 e. The van der Waals surface area contributed by atoms with Gasteiger partial charge < -0.3 is 80.2 Å². The van der Waals surface area contributed by atoms with E-state index in [4.69, 9.17) is 17.2 Å². The lowest BCUT2D eigenvalue weighted by Gasteiger charge is -2.37. The first-order chi connectivity index (χ1) is 46.3. The van der Waals surface area contributed by atoms with Crippen molar-refractivity contribution in [3.8, 4) is 0 Å². The Morgan fingerprint density at radius 1 is 0.653 bits per heavy atom. The molecule has 2 aromatic heterocycles. The number of carboxylic acid groups (broad SMARTS) is 2. The van der Waals surface area contributed by atoms with E-state index in [2.05, 4.69) is 62.8 Å². The number of hydrogen-bond donors (Lipinski definition) is 15. The number of aliphatic carboxylic acids is 2. The number of primary amides is 1. The van der Waals surface area contributed by atoms with Crippen molar-refractivity contribution in [1.82, 2.24) is 67.7 Å².